The van der Waals surface area contributed by atoms with Crippen LogP contribution in [-0.2, 0) is 9.59 Å². The smallest absolute Gasteiger partial charge is 0.222 e. The predicted molar refractivity (Wildman–Crippen MR) is 75.2 cm³/mol. The van der Waals surface area contributed by atoms with Gasteiger partial charge in [-0.25, -0.2) is 0 Å². The Morgan fingerprint density at radius 2 is 1.42 bits per heavy atom. The average molecular weight is 269 g/mol. The fraction of sp³-hybridized carbons (Fsp3) is 0.857. The molecule has 5 heteroatoms. The second-order valence-corrected chi connectivity index (χ2v) is 5.55. The lowest BCUT2D eigenvalue weighted by Crippen LogP contribution is -2.36. The van der Waals surface area contributed by atoms with Crippen LogP contribution in [0.25, 0.3) is 0 Å². The summed E-state index contributed by atoms with van der Waals surface area (Å²) in [4.78, 5) is 24.7. The number of nitrogens with zero attached hydrogens (tertiary/aromatic N) is 1. The second kappa shape index (κ2) is 8.15. The number of rotatable bonds is 9. The van der Waals surface area contributed by atoms with Gasteiger partial charge in [-0.1, -0.05) is 39.0 Å². The van der Waals surface area contributed by atoms with E-state index in [0.717, 1.165) is 13.0 Å². The molecule has 2 unspecified atom stereocenters. The zero-order chi connectivity index (χ0) is 14.3. The van der Waals surface area contributed by atoms with Crippen molar-refractivity contribution >= 4 is 11.8 Å². The molecule has 1 aliphatic rings. The highest BCUT2D eigenvalue weighted by molar-refractivity contribution is 5.87. The number of carbonyl (C=O) groups excluding carboxylic acids is 2. The van der Waals surface area contributed by atoms with Gasteiger partial charge in [0.2, 0.25) is 11.8 Å². The van der Waals surface area contributed by atoms with Crippen molar-refractivity contribution in [1.29, 1.82) is 0 Å². The monoisotopic (exact) mass is 269 g/mol. The quantitative estimate of drug-likeness (QED) is 0.608. The molecule has 2 amide bonds. The lowest BCUT2D eigenvalue weighted by Gasteiger charge is -2.14. The maximum Gasteiger partial charge on any atom is 0.222 e. The largest absolute Gasteiger partial charge is 0.369 e. The summed E-state index contributed by atoms with van der Waals surface area (Å²) in [6, 6.07) is 0. The van der Waals surface area contributed by atoms with Crippen molar-refractivity contribution in [3.63, 3.8) is 0 Å². The lowest BCUT2D eigenvalue weighted by atomic mass is 9.95. The Hall–Kier alpha value is -1.10. The van der Waals surface area contributed by atoms with E-state index >= 15 is 0 Å². The van der Waals surface area contributed by atoms with E-state index < -0.39 is 23.7 Å². The number of unbranched alkanes of at least 4 members (excludes halogenated alkanes) is 5. The number of likely N-dealkylation sites (tertiary alicyclic amines) is 1. The van der Waals surface area contributed by atoms with Crippen molar-refractivity contribution in [1.82, 2.24) is 4.90 Å². The molecule has 0 saturated carbocycles. The van der Waals surface area contributed by atoms with Gasteiger partial charge in [-0.15, -0.1) is 0 Å². The summed E-state index contributed by atoms with van der Waals surface area (Å²) < 4.78 is 0. The minimum absolute atomic E-state index is 0.405. The van der Waals surface area contributed by atoms with E-state index in [1.165, 1.54) is 32.1 Å². The summed E-state index contributed by atoms with van der Waals surface area (Å²) in [5.74, 6) is -1.63. The van der Waals surface area contributed by atoms with Gasteiger partial charge in [0.05, 0.1) is 11.8 Å². The summed E-state index contributed by atoms with van der Waals surface area (Å²) in [5, 5.41) is 0. The van der Waals surface area contributed by atoms with E-state index in [2.05, 4.69) is 11.8 Å². The predicted octanol–water partition coefficient (Wildman–Crippen LogP) is 0.866. The number of nitrogens with two attached hydrogens (primary N) is 2. The third kappa shape index (κ3) is 5.19. The van der Waals surface area contributed by atoms with Crippen molar-refractivity contribution in [2.75, 3.05) is 19.6 Å². The van der Waals surface area contributed by atoms with Gasteiger partial charge in [0.25, 0.3) is 0 Å². The van der Waals surface area contributed by atoms with Crippen LogP contribution in [-0.4, -0.2) is 36.3 Å². The van der Waals surface area contributed by atoms with Crippen LogP contribution in [0.2, 0.25) is 0 Å². The van der Waals surface area contributed by atoms with Crippen LogP contribution >= 0.6 is 0 Å². The lowest BCUT2D eigenvalue weighted by molar-refractivity contribution is -0.129. The molecule has 0 aromatic heterocycles. The normalized spacial score (nSPS) is 23.6. The standard InChI is InChI=1S/C14H27N3O2/c1-2-3-4-5-6-7-8-17-9-11(13(15)18)12(10-17)14(16)19/h11-12H,2-10H2,1H3,(H2,15,18)(H2,16,19). The van der Waals surface area contributed by atoms with Crippen LogP contribution < -0.4 is 11.5 Å². The summed E-state index contributed by atoms with van der Waals surface area (Å²) in [6.45, 7) is 4.30. The van der Waals surface area contributed by atoms with Crippen molar-refractivity contribution in [3.05, 3.63) is 0 Å². The van der Waals surface area contributed by atoms with Crippen LogP contribution in [0.15, 0.2) is 0 Å². The average Bonchev–Trinajstić information content (AvgIpc) is 2.78. The zero-order valence-corrected chi connectivity index (χ0v) is 11.9. The fourth-order valence-corrected chi connectivity index (χ4v) is 2.76. The molecule has 19 heavy (non-hydrogen) atoms. The van der Waals surface area contributed by atoms with Gasteiger partial charge in [-0.05, 0) is 13.0 Å². The van der Waals surface area contributed by atoms with Gasteiger partial charge in [0.1, 0.15) is 0 Å². The molecule has 5 nitrogen and oxygen atoms in total. The maximum atomic E-state index is 11.3. The molecule has 1 saturated heterocycles. The molecule has 0 aromatic carbocycles. The van der Waals surface area contributed by atoms with Crippen LogP contribution in [0.1, 0.15) is 45.4 Å². The van der Waals surface area contributed by atoms with E-state index in [0.29, 0.717) is 13.1 Å². The second-order valence-electron chi connectivity index (χ2n) is 5.55. The van der Waals surface area contributed by atoms with Crippen molar-refractivity contribution in [3.8, 4) is 0 Å². The molecule has 110 valence electrons. The molecule has 1 fully saturated rings. The summed E-state index contributed by atoms with van der Waals surface area (Å²) in [7, 11) is 0. The van der Waals surface area contributed by atoms with Crippen LogP contribution in [0, 0.1) is 11.8 Å². The van der Waals surface area contributed by atoms with E-state index in [-0.39, 0.29) is 0 Å². The molecular weight excluding hydrogens is 242 g/mol. The first-order valence-electron chi connectivity index (χ1n) is 7.37. The Balaban J connectivity index is 2.25. The Morgan fingerprint density at radius 3 is 1.89 bits per heavy atom. The van der Waals surface area contributed by atoms with Gasteiger partial charge in [-0.3, -0.25) is 9.59 Å². The highest BCUT2D eigenvalue weighted by atomic mass is 16.2. The van der Waals surface area contributed by atoms with Gasteiger partial charge in [0.15, 0.2) is 0 Å². The first-order valence-corrected chi connectivity index (χ1v) is 7.37. The van der Waals surface area contributed by atoms with Crippen molar-refractivity contribution < 1.29 is 9.59 Å². The summed E-state index contributed by atoms with van der Waals surface area (Å²) >= 11 is 0. The molecule has 0 aliphatic carbocycles. The van der Waals surface area contributed by atoms with Crippen LogP contribution in [0.5, 0.6) is 0 Å². The number of hydrogen-bond acceptors (Lipinski definition) is 3. The summed E-state index contributed by atoms with van der Waals surface area (Å²) in [6.07, 6.45) is 7.44. The highest BCUT2D eigenvalue weighted by Crippen LogP contribution is 2.23. The van der Waals surface area contributed by atoms with Crippen molar-refractivity contribution in [2.24, 2.45) is 23.3 Å². The van der Waals surface area contributed by atoms with Gasteiger partial charge in [-0.2, -0.15) is 0 Å². The molecule has 1 rings (SSSR count). The molecule has 0 bridgehead atoms. The highest BCUT2D eigenvalue weighted by Gasteiger charge is 2.39. The minimum Gasteiger partial charge on any atom is -0.369 e. The molecule has 4 N–H and O–H groups in total. The third-order valence-corrected chi connectivity index (χ3v) is 3.95. The molecule has 0 spiro atoms. The fourth-order valence-electron chi connectivity index (χ4n) is 2.76. The SMILES string of the molecule is CCCCCCCCN1CC(C(N)=O)C(C(N)=O)C1. The van der Waals surface area contributed by atoms with Crippen molar-refractivity contribution in [2.45, 2.75) is 45.4 Å². The Labute approximate surface area is 115 Å². The number of carbonyl (C=O) groups is 2. The summed E-state index contributed by atoms with van der Waals surface area (Å²) in [5.41, 5.74) is 10.6. The minimum atomic E-state index is -0.408. The topological polar surface area (TPSA) is 89.4 Å². The molecule has 1 heterocycles. The third-order valence-electron chi connectivity index (χ3n) is 3.95. The van der Waals surface area contributed by atoms with Gasteiger partial charge >= 0.3 is 0 Å². The van der Waals surface area contributed by atoms with Gasteiger partial charge in [0, 0.05) is 13.1 Å². The van der Waals surface area contributed by atoms with Crippen LogP contribution in [0.4, 0.5) is 0 Å². The van der Waals surface area contributed by atoms with Crippen LogP contribution in [0.3, 0.4) is 0 Å². The molecule has 1 aliphatic heterocycles. The number of hydrogen-bond donors (Lipinski definition) is 2. The molecule has 0 radical (unpaired) electrons. The van der Waals surface area contributed by atoms with Gasteiger partial charge < -0.3 is 16.4 Å². The molecule has 0 aromatic rings. The Morgan fingerprint density at radius 1 is 0.947 bits per heavy atom. The Kier molecular flexibility index (Phi) is 6.84. The van der Waals surface area contributed by atoms with E-state index in [1.54, 1.807) is 0 Å². The number of amides is 2. The Bertz CT molecular complexity index is 285. The van der Waals surface area contributed by atoms with E-state index in [9.17, 15) is 9.59 Å². The number of primary amides is 2. The van der Waals surface area contributed by atoms with E-state index in [4.69, 9.17) is 11.5 Å². The van der Waals surface area contributed by atoms with E-state index in [1.807, 2.05) is 0 Å². The zero-order valence-electron chi connectivity index (χ0n) is 11.9. The maximum absolute atomic E-state index is 11.3. The first-order chi connectivity index (χ1) is 9.06. The molecule has 2 atom stereocenters. The molecular formula is C14H27N3O2. The first kappa shape index (κ1) is 16.0.